The summed E-state index contributed by atoms with van der Waals surface area (Å²) in [5, 5.41) is 10.8. The molecule has 0 unspecified atom stereocenters. The smallest absolute Gasteiger partial charge is 0.258 e. The minimum absolute atomic E-state index is 0.0966. The quantitative estimate of drug-likeness (QED) is 0.602. The molecule has 0 aliphatic carbocycles. The van der Waals surface area contributed by atoms with Gasteiger partial charge in [0.05, 0.1) is 15.0 Å². The van der Waals surface area contributed by atoms with Gasteiger partial charge in [-0.25, -0.2) is 0 Å². The van der Waals surface area contributed by atoms with Gasteiger partial charge in [0.2, 0.25) is 0 Å². The number of hydrogen-bond donors (Lipinski definition) is 0. The molecule has 0 saturated heterocycles. The second-order valence-electron chi connectivity index (χ2n) is 2.78. The van der Waals surface area contributed by atoms with Crippen LogP contribution in [0.15, 0.2) is 23.2 Å². The Morgan fingerprint density at radius 3 is 2.44 bits per heavy atom. The minimum Gasteiger partial charge on any atom is -0.258 e. The number of hydrogen-bond acceptors (Lipinski definition) is 2. The van der Waals surface area contributed by atoms with E-state index in [-0.39, 0.29) is 10.6 Å². The maximum atomic E-state index is 10.8. The van der Waals surface area contributed by atoms with Gasteiger partial charge in [0.15, 0.2) is 0 Å². The lowest BCUT2D eigenvalue weighted by atomic mass is 10.0. The molecular weight excluding hydrogens is 270 g/mol. The van der Waals surface area contributed by atoms with E-state index in [1.54, 1.807) is 6.07 Å². The van der Waals surface area contributed by atoms with Crippen molar-refractivity contribution < 1.29 is 4.92 Å². The van der Waals surface area contributed by atoms with Crippen LogP contribution < -0.4 is 0 Å². The van der Waals surface area contributed by atoms with Gasteiger partial charge in [-0.2, -0.15) is 0 Å². The van der Waals surface area contributed by atoms with Crippen molar-refractivity contribution in [2.45, 2.75) is 27.2 Å². The number of nitrogens with zero attached hydrogens (tertiary/aromatic N) is 1. The zero-order valence-electron chi connectivity index (χ0n) is 9.79. The molecule has 88 valence electrons. The predicted molar refractivity (Wildman–Crippen MR) is 71.6 cm³/mol. The van der Waals surface area contributed by atoms with E-state index in [9.17, 15) is 10.1 Å². The van der Waals surface area contributed by atoms with Crippen LogP contribution in [-0.4, -0.2) is 4.92 Å². The molecule has 0 N–H and O–H groups in total. The van der Waals surface area contributed by atoms with E-state index in [1.807, 2.05) is 26.8 Å². The highest BCUT2D eigenvalue weighted by molar-refractivity contribution is 9.10. The van der Waals surface area contributed by atoms with Crippen molar-refractivity contribution >= 4 is 27.7 Å². The second-order valence-corrected chi connectivity index (χ2v) is 3.64. The number of nitro groups is 1. The normalized spacial score (nSPS) is 9.00. The first-order valence-electron chi connectivity index (χ1n) is 5.20. The van der Waals surface area contributed by atoms with Gasteiger partial charge < -0.3 is 0 Å². The van der Waals surface area contributed by atoms with E-state index < -0.39 is 0 Å². The molecular formula is C12H16BrNO2. The van der Waals surface area contributed by atoms with Crippen molar-refractivity contribution in [1.82, 2.24) is 0 Å². The molecule has 3 nitrogen and oxygen atoms in total. The van der Waals surface area contributed by atoms with Crippen LogP contribution in [0.4, 0.5) is 5.69 Å². The molecule has 4 heteroatoms. The summed E-state index contributed by atoms with van der Waals surface area (Å²) in [6.45, 7) is 9.56. The summed E-state index contributed by atoms with van der Waals surface area (Å²) >= 11 is 3.16. The number of aryl methyl sites for hydroxylation is 1. The topological polar surface area (TPSA) is 43.1 Å². The molecule has 0 atom stereocenters. The third kappa shape index (κ3) is 3.17. The largest absolute Gasteiger partial charge is 0.290 e. The van der Waals surface area contributed by atoms with Crippen LogP contribution in [0.5, 0.6) is 0 Å². The zero-order chi connectivity index (χ0) is 12.7. The SMILES string of the molecule is C=Cc1c(CC)ccc(Br)c1[N+](=O)[O-].CC. The summed E-state index contributed by atoms with van der Waals surface area (Å²) in [5.41, 5.74) is 1.64. The van der Waals surface area contributed by atoms with Crippen LogP contribution in [0.2, 0.25) is 0 Å². The van der Waals surface area contributed by atoms with Crippen LogP contribution in [0.3, 0.4) is 0 Å². The van der Waals surface area contributed by atoms with Gasteiger partial charge in [0.25, 0.3) is 5.69 Å². The fourth-order valence-corrected chi connectivity index (χ4v) is 1.84. The van der Waals surface area contributed by atoms with Crippen molar-refractivity contribution in [3.8, 4) is 0 Å². The molecule has 0 heterocycles. The number of halogens is 1. The fraction of sp³-hybridized carbons (Fsp3) is 0.333. The molecule has 0 spiro atoms. The first kappa shape index (κ1) is 14.8. The number of rotatable bonds is 3. The van der Waals surface area contributed by atoms with Crippen molar-refractivity contribution in [2.24, 2.45) is 0 Å². The average molecular weight is 286 g/mol. The van der Waals surface area contributed by atoms with E-state index in [2.05, 4.69) is 22.5 Å². The average Bonchev–Trinajstić information content (AvgIpc) is 2.30. The summed E-state index contributed by atoms with van der Waals surface area (Å²) in [7, 11) is 0. The van der Waals surface area contributed by atoms with Gasteiger partial charge >= 0.3 is 0 Å². The highest BCUT2D eigenvalue weighted by atomic mass is 79.9. The Bertz CT molecular complexity index is 389. The molecule has 0 saturated carbocycles. The van der Waals surface area contributed by atoms with Gasteiger partial charge in [-0.3, -0.25) is 10.1 Å². The lowest BCUT2D eigenvalue weighted by Crippen LogP contribution is -1.96. The van der Waals surface area contributed by atoms with E-state index in [1.165, 1.54) is 6.08 Å². The molecule has 0 aliphatic heterocycles. The monoisotopic (exact) mass is 285 g/mol. The standard InChI is InChI=1S/C10H10BrNO2.C2H6/c1-3-7-5-6-9(11)10(12(13)14)8(7)4-2;1-2/h4-6H,2-3H2,1H3;1-2H3. The van der Waals surface area contributed by atoms with Crippen LogP contribution in [0.1, 0.15) is 31.9 Å². The Labute approximate surface area is 104 Å². The van der Waals surface area contributed by atoms with Gasteiger partial charge in [0, 0.05) is 0 Å². The lowest BCUT2D eigenvalue weighted by molar-refractivity contribution is -0.385. The number of benzene rings is 1. The van der Waals surface area contributed by atoms with Crippen molar-refractivity contribution in [1.29, 1.82) is 0 Å². The Balaban J connectivity index is 0.00000106. The molecule has 0 bridgehead atoms. The van der Waals surface area contributed by atoms with E-state index in [0.29, 0.717) is 10.0 Å². The molecule has 16 heavy (non-hydrogen) atoms. The van der Waals surface area contributed by atoms with Gasteiger partial charge in [-0.1, -0.05) is 39.5 Å². The summed E-state index contributed by atoms with van der Waals surface area (Å²) in [6.07, 6.45) is 2.29. The van der Waals surface area contributed by atoms with Crippen LogP contribution in [-0.2, 0) is 6.42 Å². The minimum atomic E-state index is -0.389. The fourth-order valence-electron chi connectivity index (χ4n) is 1.34. The van der Waals surface area contributed by atoms with Gasteiger partial charge in [-0.05, 0) is 34.0 Å². The summed E-state index contributed by atoms with van der Waals surface area (Å²) in [4.78, 5) is 10.4. The van der Waals surface area contributed by atoms with E-state index >= 15 is 0 Å². The van der Waals surface area contributed by atoms with E-state index in [0.717, 1.165) is 12.0 Å². The maximum Gasteiger partial charge on any atom is 0.290 e. The third-order valence-corrected chi connectivity index (χ3v) is 2.67. The molecule has 0 radical (unpaired) electrons. The first-order chi connectivity index (χ1) is 7.61. The molecule has 0 amide bonds. The van der Waals surface area contributed by atoms with Gasteiger partial charge in [-0.15, -0.1) is 0 Å². The molecule has 1 aromatic carbocycles. The molecule has 1 aromatic rings. The third-order valence-electron chi connectivity index (χ3n) is 2.03. The Morgan fingerprint density at radius 1 is 1.50 bits per heavy atom. The summed E-state index contributed by atoms with van der Waals surface area (Å²) in [6, 6.07) is 3.57. The second kappa shape index (κ2) is 7.17. The molecule has 0 fully saturated rings. The van der Waals surface area contributed by atoms with Crippen LogP contribution >= 0.6 is 15.9 Å². The summed E-state index contributed by atoms with van der Waals surface area (Å²) < 4.78 is 0.495. The first-order valence-corrected chi connectivity index (χ1v) is 5.99. The molecule has 0 aliphatic rings. The van der Waals surface area contributed by atoms with Crippen LogP contribution in [0, 0.1) is 10.1 Å². The Morgan fingerprint density at radius 2 is 2.06 bits per heavy atom. The highest BCUT2D eigenvalue weighted by Crippen LogP contribution is 2.32. The van der Waals surface area contributed by atoms with Crippen molar-refractivity contribution in [3.63, 3.8) is 0 Å². The van der Waals surface area contributed by atoms with Crippen LogP contribution in [0.25, 0.3) is 6.08 Å². The Hall–Kier alpha value is -1.16. The van der Waals surface area contributed by atoms with Crippen molar-refractivity contribution in [2.75, 3.05) is 0 Å². The number of nitro benzene ring substituents is 1. The summed E-state index contributed by atoms with van der Waals surface area (Å²) in [5.74, 6) is 0. The Kier molecular flexibility index (Phi) is 6.65. The zero-order valence-corrected chi connectivity index (χ0v) is 11.4. The van der Waals surface area contributed by atoms with Crippen molar-refractivity contribution in [3.05, 3.63) is 44.4 Å². The highest BCUT2D eigenvalue weighted by Gasteiger charge is 2.18. The molecule has 1 rings (SSSR count). The van der Waals surface area contributed by atoms with Gasteiger partial charge in [0.1, 0.15) is 0 Å². The maximum absolute atomic E-state index is 10.8. The predicted octanol–water partition coefficient (Wildman–Crippen LogP) is 4.59. The molecule has 0 aromatic heterocycles. The lowest BCUT2D eigenvalue weighted by Gasteiger charge is -2.05. The van der Waals surface area contributed by atoms with E-state index in [4.69, 9.17) is 0 Å².